The number of fused-ring (bicyclic) bond motifs is 1. The fourth-order valence-electron chi connectivity index (χ4n) is 3.43. The lowest BCUT2D eigenvalue weighted by Crippen LogP contribution is -2.59. The molecule has 3 N–H and O–H groups in total. The van der Waals surface area contributed by atoms with Gasteiger partial charge in [0.15, 0.2) is 0 Å². The number of piperidine rings is 1. The molecule has 2 saturated heterocycles. The number of hydrogen-bond acceptors (Lipinski definition) is 3. The topological polar surface area (TPSA) is 41.3 Å². The molecule has 2 aliphatic heterocycles. The average Bonchev–Trinajstić information content (AvgIpc) is 3.04. The molecule has 3 heteroatoms. The van der Waals surface area contributed by atoms with Gasteiger partial charge < -0.3 is 16.0 Å². The van der Waals surface area contributed by atoms with Gasteiger partial charge in [0.05, 0.1) is 0 Å². The fourth-order valence-corrected chi connectivity index (χ4v) is 3.43. The highest BCUT2D eigenvalue weighted by molar-refractivity contribution is 5.01. The second-order valence-electron chi connectivity index (χ2n) is 6.09. The van der Waals surface area contributed by atoms with Gasteiger partial charge in [-0.05, 0) is 57.5 Å². The van der Waals surface area contributed by atoms with Crippen molar-refractivity contribution in [1.29, 1.82) is 0 Å². The third-order valence-corrected chi connectivity index (χ3v) is 4.86. The van der Waals surface area contributed by atoms with Crippen LogP contribution in [-0.2, 0) is 0 Å². The highest BCUT2D eigenvalue weighted by Crippen LogP contribution is 2.34. The fraction of sp³-hybridized carbons (Fsp3) is 1.00. The van der Waals surface area contributed by atoms with Gasteiger partial charge >= 0.3 is 0 Å². The van der Waals surface area contributed by atoms with E-state index in [0.717, 1.165) is 18.5 Å². The highest BCUT2D eigenvalue weighted by Gasteiger charge is 2.41. The zero-order chi connectivity index (χ0) is 11.0. The van der Waals surface area contributed by atoms with E-state index >= 15 is 0 Å². The average molecular weight is 223 g/mol. The Morgan fingerprint density at radius 1 is 1.25 bits per heavy atom. The van der Waals surface area contributed by atoms with Gasteiger partial charge in [-0.1, -0.05) is 0 Å². The first-order valence-corrected chi connectivity index (χ1v) is 7.00. The third kappa shape index (κ3) is 2.13. The molecule has 2 atom stereocenters. The Hall–Kier alpha value is -0.120. The molecule has 0 aromatic rings. The molecule has 0 aromatic carbocycles. The monoisotopic (exact) mass is 223 g/mol. The molecule has 0 spiro atoms. The minimum atomic E-state index is 0.272. The number of nitrogens with one attached hydrogen (secondary N) is 1. The summed E-state index contributed by atoms with van der Waals surface area (Å²) in [4.78, 5) is 2.67. The first kappa shape index (κ1) is 11.0. The molecular formula is C13H25N3. The summed E-state index contributed by atoms with van der Waals surface area (Å²) >= 11 is 0. The van der Waals surface area contributed by atoms with E-state index in [2.05, 4.69) is 10.2 Å². The van der Waals surface area contributed by atoms with E-state index in [-0.39, 0.29) is 5.54 Å². The zero-order valence-corrected chi connectivity index (χ0v) is 10.3. The molecule has 0 amide bonds. The third-order valence-electron chi connectivity index (χ3n) is 4.86. The predicted octanol–water partition coefficient (Wildman–Crippen LogP) is 0.942. The van der Waals surface area contributed by atoms with Crippen molar-refractivity contribution in [2.24, 2.45) is 11.7 Å². The Bertz CT molecular complexity index is 252. The smallest absolute Gasteiger partial charge is 0.0331 e. The Kier molecular flexibility index (Phi) is 2.94. The molecule has 0 aromatic heterocycles. The van der Waals surface area contributed by atoms with Crippen molar-refractivity contribution in [2.75, 3.05) is 26.2 Å². The second kappa shape index (κ2) is 4.28. The Morgan fingerprint density at radius 2 is 2.12 bits per heavy atom. The summed E-state index contributed by atoms with van der Waals surface area (Å²) in [5.74, 6) is 0.963. The SMILES string of the molecule is NCC1(NCC2CC2)CCN2CCCC2C1. The van der Waals surface area contributed by atoms with Crippen molar-refractivity contribution >= 4 is 0 Å². The quantitative estimate of drug-likeness (QED) is 0.745. The molecule has 3 nitrogen and oxygen atoms in total. The van der Waals surface area contributed by atoms with Gasteiger partial charge in [-0.15, -0.1) is 0 Å². The van der Waals surface area contributed by atoms with Crippen LogP contribution in [0, 0.1) is 5.92 Å². The number of nitrogens with two attached hydrogens (primary N) is 1. The van der Waals surface area contributed by atoms with E-state index < -0.39 is 0 Å². The molecule has 3 rings (SSSR count). The Labute approximate surface area is 98.8 Å². The van der Waals surface area contributed by atoms with E-state index in [4.69, 9.17) is 5.73 Å². The first-order valence-electron chi connectivity index (χ1n) is 7.00. The van der Waals surface area contributed by atoms with Gasteiger partial charge in [-0.25, -0.2) is 0 Å². The van der Waals surface area contributed by atoms with E-state index in [0.29, 0.717) is 0 Å². The lowest BCUT2D eigenvalue weighted by Gasteiger charge is -2.44. The summed E-state index contributed by atoms with van der Waals surface area (Å²) in [6.07, 6.45) is 8.20. The van der Waals surface area contributed by atoms with E-state index in [1.807, 2.05) is 0 Å². The van der Waals surface area contributed by atoms with Gasteiger partial charge in [0, 0.05) is 24.7 Å². The van der Waals surface area contributed by atoms with Gasteiger partial charge in [0.2, 0.25) is 0 Å². The van der Waals surface area contributed by atoms with Crippen LogP contribution in [0.1, 0.15) is 38.5 Å². The van der Waals surface area contributed by atoms with Crippen molar-refractivity contribution in [3.05, 3.63) is 0 Å². The molecule has 3 fully saturated rings. The maximum Gasteiger partial charge on any atom is 0.0331 e. The van der Waals surface area contributed by atoms with Crippen molar-refractivity contribution in [2.45, 2.75) is 50.1 Å². The van der Waals surface area contributed by atoms with Crippen LogP contribution >= 0.6 is 0 Å². The maximum atomic E-state index is 6.05. The minimum Gasteiger partial charge on any atom is -0.329 e. The van der Waals surface area contributed by atoms with Crippen LogP contribution in [0.3, 0.4) is 0 Å². The normalized spacial score (nSPS) is 39.9. The van der Waals surface area contributed by atoms with Crippen LogP contribution in [0.4, 0.5) is 0 Å². The van der Waals surface area contributed by atoms with Crippen LogP contribution in [0.2, 0.25) is 0 Å². The van der Waals surface area contributed by atoms with Crippen LogP contribution < -0.4 is 11.1 Å². The number of nitrogens with zero attached hydrogens (tertiary/aromatic N) is 1. The van der Waals surface area contributed by atoms with Gasteiger partial charge in [-0.3, -0.25) is 0 Å². The largest absolute Gasteiger partial charge is 0.329 e. The molecule has 16 heavy (non-hydrogen) atoms. The molecule has 0 bridgehead atoms. The van der Waals surface area contributed by atoms with Crippen molar-refractivity contribution in [3.63, 3.8) is 0 Å². The lowest BCUT2D eigenvalue weighted by molar-refractivity contribution is 0.110. The highest BCUT2D eigenvalue weighted by atomic mass is 15.2. The van der Waals surface area contributed by atoms with Crippen LogP contribution in [0.25, 0.3) is 0 Å². The van der Waals surface area contributed by atoms with Crippen LogP contribution in [-0.4, -0.2) is 42.7 Å². The molecule has 3 aliphatic rings. The molecule has 0 radical (unpaired) electrons. The Morgan fingerprint density at radius 3 is 2.88 bits per heavy atom. The summed E-state index contributed by atoms with van der Waals surface area (Å²) in [7, 11) is 0. The van der Waals surface area contributed by atoms with E-state index in [1.165, 1.54) is 58.2 Å². The van der Waals surface area contributed by atoms with Crippen molar-refractivity contribution in [3.8, 4) is 0 Å². The van der Waals surface area contributed by atoms with Gasteiger partial charge in [0.25, 0.3) is 0 Å². The maximum absolute atomic E-state index is 6.05. The second-order valence-corrected chi connectivity index (χ2v) is 6.09. The lowest BCUT2D eigenvalue weighted by atomic mass is 9.83. The minimum absolute atomic E-state index is 0.272. The summed E-state index contributed by atoms with van der Waals surface area (Å²) in [6, 6.07) is 0.823. The van der Waals surface area contributed by atoms with E-state index in [1.54, 1.807) is 0 Å². The van der Waals surface area contributed by atoms with Crippen LogP contribution in [0.5, 0.6) is 0 Å². The zero-order valence-electron chi connectivity index (χ0n) is 10.3. The molecule has 2 unspecified atom stereocenters. The molecule has 2 heterocycles. The predicted molar refractivity (Wildman–Crippen MR) is 66.3 cm³/mol. The number of hydrogen-bond donors (Lipinski definition) is 2. The Balaban J connectivity index is 1.60. The summed E-state index contributed by atoms with van der Waals surface area (Å²) < 4.78 is 0. The van der Waals surface area contributed by atoms with Crippen molar-refractivity contribution in [1.82, 2.24) is 10.2 Å². The molecular weight excluding hydrogens is 198 g/mol. The molecule has 1 saturated carbocycles. The summed E-state index contributed by atoms with van der Waals surface area (Å²) in [6.45, 7) is 4.63. The summed E-state index contributed by atoms with van der Waals surface area (Å²) in [5, 5.41) is 3.81. The van der Waals surface area contributed by atoms with Gasteiger partial charge in [0.1, 0.15) is 0 Å². The standard InChI is InChI=1S/C13H25N3/c14-10-13(15-9-11-3-4-11)5-7-16-6-1-2-12(16)8-13/h11-12,15H,1-10,14H2. The van der Waals surface area contributed by atoms with Crippen molar-refractivity contribution < 1.29 is 0 Å². The molecule has 92 valence electrons. The van der Waals surface area contributed by atoms with Gasteiger partial charge in [-0.2, -0.15) is 0 Å². The van der Waals surface area contributed by atoms with E-state index in [9.17, 15) is 0 Å². The number of rotatable bonds is 4. The van der Waals surface area contributed by atoms with Crippen LogP contribution in [0.15, 0.2) is 0 Å². The molecule has 1 aliphatic carbocycles. The first-order chi connectivity index (χ1) is 7.81. The summed E-state index contributed by atoms with van der Waals surface area (Å²) in [5.41, 5.74) is 6.32.